The molecule has 4 aromatic rings. The van der Waals surface area contributed by atoms with Crippen LogP contribution in [0.4, 0.5) is 18.9 Å². The minimum Gasteiger partial charge on any atom is -0.258 e. The van der Waals surface area contributed by atoms with Crippen LogP contribution in [0.5, 0.6) is 0 Å². The molecule has 1 heterocycles. The third kappa shape index (κ3) is 4.19. The van der Waals surface area contributed by atoms with Gasteiger partial charge < -0.3 is 0 Å². The maximum Gasteiger partial charge on any atom is 0.418 e. The number of halogens is 4. The molecule has 0 fully saturated rings. The summed E-state index contributed by atoms with van der Waals surface area (Å²) in [6.07, 6.45) is -4.64. The number of nitro benzene ring substituents is 1. The SMILES string of the molecule is O=[N+]([O-])c1ccc(-c2c(-c3ccc(Cl)cc3)sc(-c3ccccc3)c2C(F)(F)F)cc1. The molecule has 3 aromatic carbocycles. The maximum atomic E-state index is 14.4. The molecule has 0 N–H and O–H groups in total. The van der Waals surface area contributed by atoms with Gasteiger partial charge in [-0.3, -0.25) is 10.1 Å². The normalized spacial score (nSPS) is 11.5. The lowest BCUT2D eigenvalue weighted by atomic mass is 9.95. The molecule has 31 heavy (non-hydrogen) atoms. The zero-order chi connectivity index (χ0) is 22.2. The number of nitro groups is 1. The third-order valence-corrected chi connectivity index (χ3v) is 6.24. The van der Waals surface area contributed by atoms with E-state index in [9.17, 15) is 23.3 Å². The Kier molecular flexibility index (Phi) is 5.56. The summed E-state index contributed by atoms with van der Waals surface area (Å²) in [5.74, 6) is 0. The lowest BCUT2D eigenvalue weighted by Gasteiger charge is -2.13. The van der Waals surface area contributed by atoms with Crippen LogP contribution in [0.25, 0.3) is 32.0 Å². The second kappa shape index (κ2) is 8.17. The molecule has 0 radical (unpaired) electrons. The Balaban J connectivity index is 2.05. The fourth-order valence-corrected chi connectivity index (χ4v) is 4.80. The Hall–Kier alpha value is -3.16. The Bertz CT molecular complexity index is 1240. The number of rotatable bonds is 4. The molecule has 4 rings (SSSR count). The molecule has 0 amide bonds. The van der Waals surface area contributed by atoms with Crippen molar-refractivity contribution in [2.24, 2.45) is 0 Å². The first-order chi connectivity index (χ1) is 14.8. The van der Waals surface area contributed by atoms with Gasteiger partial charge in [0.2, 0.25) is 0 Å². The molecule has 0 atom stereocenters. The van der Waals surface area contributed by atoms with Gasteiger partial charge in [0.25, 0.3) is 5.69 Å². The molecule has 1 aromatic heterocycles. The summed E-state index contributed by atoms with van der Waals surface area (Å²) in [7, 11) is 0. The van der Waals surface area contributed by atoms with Crippen LogP contribution in [-0.2, 0) is 6.18 Å². The summed E-state index contributed by atoms with van der Waals surface area (Å²) >= 11 is 7.00. The number of alkyl halides is 3. The number of hydrogen-bond acceptors (Lipinski definition) is 3. The Morgan fingerprint density at radius 1 is 0.774 bits per heavy atom. The van der Waals surface area contributed by atoms with Gasteiger partial charge in [0.15, 0.2) is 0 Å². The van der Waals surface area contributed by atoms with E-state index < -0.39 is 16.7 Å². The Morgan fingerprint density at radius 2 is 1.32 bits per heavy atom. The van der Waals surface area contributed by atoms with Crippen molar-refractivity contribution in [2.45, 2.75) is 6.18 Å². The van der Waals surface area contributed by atoms with Gasteiger partial charge in [0, 0.05) is 32.5 Å². The Morgan fingerprint density at radius 3 is 1.87 bits per heavy atom. The second-order valence-electron chi connectivity index (χ2n) is 6.68. The summed E-state index contributed by atoms with van der Waals surface area (Å²) in [6, 6.07) is 20.0. The lowest BCUT2D eigenvalue weighted by Crippen LogP contribution is -2.07. The van der Waals surface area contributed by atoms with Crippen LogP contribution < -0.4 is 0 Å². The lowest BCUT2D eigenvalue weighted by molar-refractivity contribution is -0.384. The monoisotopic (exact) mass is 459 g/mol. The van der Waals surface area contributed by atoms with Crippen molar-refractivity contribution in [1.29, 1.82) is 0 Å². The molecule has 0 saturated carbocycles. The number of benzene rings is 3. The van der Waals surface area contributed by atoms with Crippen LogP contribution in [0, 0.1) is 10.1 Å². The van der Waals surface area contributed by atoms with E-state index in [1.165, 1.54) is 24.3 Å². The van der Waals surface area contributed by atoms with Gasteiger partial charge in [-0.05, 0) is 41.0 Å². The number of thiophene rings is 1. The van der Waals surface area contributed by atoms with Crippen LogP contribution in [0.3, 0.4) is 0 Å². The van der Waals surface area contributed by atoms with Crippen molar-refractivity contribution >= 4 is 28.6 Å². The summed E-state index contributed by atoms with van der Waals surface area (Å²) in [5.41, 5.74) is 0.319. The molecule has 0 aliphatic rings. The topological polar surface area (TPSA) is 43.1 Å². The van der Waals surface area contributed by atoms with E-state index in [4.69, 9.17) is 11.6 Å². The summed E-state index contributed by atoms with van der Waals surface area (Å²) in [6.45, 7) is 0. The first-order valence-corrected chi connectivity index (χ1v) is 10.3. The Labute approximate surface area is 184 Å². The summed E-state index contributed by atoms with van der Waals surface area (Å²) in [5, 5.41) is 11.5. The zero-order valence-corrected chi connectivity index (χ0v) is 17.3. The number of non-ortho nitro benzene ring substituents is 1. The van der Waals surface area contributed by atoms with Crippen LogP contribution in [0.15, 0.2) is 78.9 Å². The van der Waals surface area contributed by atoms with Gasteiger partial charge in [-0.25, -0.2) is 0 Å². The van der Waals surface area contributed by atoms with E-state index in [0.717, 1.165) is 11.3 Å². The molecule has 8 heteroatoms. The van der Waals surface area contributed by atoms with Crippen LogP contribution >= 0.6 is 22.9 Å². The van der Waals surface area contributed by atoms with Gasteiger partial charge in [-0.1, -0.05) is 54.1 Å². The minimum atomic E-state index is -4.64. The first kappa shape index (κ1) is 21.1. The van der Waals surface area contributed by atoms with Crippen molar-refractivity contribution in [2.75, 3.05) is 0 Å². The smallest absolute Gasteiger partial charge is 0.258 e. The van der Waals surface area contributed by atoms with Gasteiger partial charge in [0.1, 0.15) is 0 Å². The first-order valence-electron chi connectivity index (χ1n) is 9.06. The van der Waals surface area contributed by atoms with Crippen LogP contribution in [0.1, 0.15) is 5.56 Å². The predicted octanol–water partition coefficient (Wildman–Crippen LogP) is 8.33. The molecule has 3 nitrogen and oxygen atoms in total. The summed E-state index contributed by atoms with van der Waals surface area (Å²) < 4.78 is 43.1. The highest BCUT2D eigenvalue weighted by atomic mass is 35.5. The van der Waals surface area contributed by atoms with Gasteiger partial charge in [0.05, 0.1) is 10.5 Å². The molecule has 156 valence electrons. The molecular weight excluding hydrogens is 447 g/mol. The van der Waals surface area contributed by atoms with Gasteiger partial charge in [-0.15, -0.1) is 11.3 Å². The van der Waals surface area contributed by atoms with E-state index in [2.05, 4.69) is 0 Å². The molecule has 0 unspecified atom stereocenters. The molecule has 0 spiro atoms. The highest BCUT2D eigenvalue weighted by Crippen LogP contribution is 2.53. The minimum absolute atomic E-state index is 0.00595. The van der Waals surface area contributed by atoms with Crippen LogP contribution in [-0.4, -0.2) is 4.92 Å². The number of nitrogens with zero attached hydrogens (tertiary/aromatic N) is 1. The highest BCUT2D eigenvalue weighted by Gasteiger charge is 2.40. The van der Waals surface area contributed by atoms with E-state index in [-0.39, 0.29) is 21.7 Å². The average Bonchev–Trinajstić information content (AvgIpc) is 3.16. The van der Waals surface area contributed by atoms with Crippen LogP contribution in [0.2, 0.25) is 5.02 Å². The van der Waals surface area contributed by atoms with Gasteiger partial charge in [-0.2, -0.15) is 13.2 Å². The highest BCUT2D eigenvalue weighted by molar-refractivity contribution is 7.19. The molecular formula is C23H13ClF3NO2S. The predicted molar refractivity (Wildman–Crippen MR) is 117 cm³/mol. The average molecular weight is 460 g/mol. The molecule has 0 aliphatic carbocycles. The number of hydrogen-bond donors (Lipinski definition) is 0. The van der Waals surface area contributed by atoms with Gasteiger partial charge >= 0.3 is 6.18 Å². The van der Waals surface area contributed by atoms with Crippen molar-refractivity contribution in [3.8, 4) is 32.0 Å². The van der Waals surface area contributed by atoms with E-state index >= 15 is 0 Å². The molecule has 0 aliphatic heterocycles. The summed E-state index contributed by atoms with van der Waals surface area (Å²) in [4.78, 5) is 10.9. The standard InChI is InChI=1S/C23H13ClF3NO2S/c24-17-10-6-16(7-11-17)21-19(14-8-12-18(13-9-14)28(29)30)20(23(25,26)27)22(31-21)15-4-2-1-3-5-15/h1-13H. The van der Waals surface area contributed by atoms with Crippen molar-refractivity contribution < 1.29 is 18.1 Å². The quantitative estimate of drug-likeness (QED) is 0.227. The van der Waals surface area contributed by atoms with E-state index in [1.807, 2.05) is 0 Å². The fraction of sp³-hybridized carbons (Fsp3) is 0.0435. The zero-order valence-electron chi connectivity index (χ0n) is 15.7. The fourth-order valence-electron chi connectivity index (χ4n) is 3.32. The largest absolute Gasteiger partial charge is 0.418 e. The molecule has 0 saturated heterocycles. The van der Waals surface area contributed by atoms with E-state index in [0.29, 0.717) is 21.0 Å². The van der Waals surface area contributed by atoms with E-state index in [1.54, 1.807) is 54.6 Å². The van der Waals surface area contributed by atoms with Crippen molar-refractivity contribution in [3.63, 3.8) is 0 Å². The van der Waals surface area contributed by atoms with Crippen molar-refractivity contribution in [3.05, 3.63) is 99.6 Å². The molecule has 0 bridgehead atoms. The van der Waals surface area contributed by atoms with Crippen molar-refractivity contribution in [1.82, 2.24) is 0 Å². The second-order valence-corrected chi connectivity index (χ2v) is 8.14. The maximum absolute atomic E-state index is 14.4. The third-order valence-electron chi connectivity index (χ3n) is 4.70.